The third-order valence-electron chi connectivity index (χ3n) is 1.21. The second-order valence-corrected chi connectivity index (χ2v) is 3.58. The van der Waals surface area contributed by atoms with E-state index in [1.54, 1.807) is 33.2 Å². The Morgan fingerprint density at radius 3 is 1.62 bits per heavy atom. The molecule has 13 heavy (non-hydrogen) atoms. The average molecular weight is 181 g/mol. The molecule has 0 unspecified atom stereocenters. The Bertz CT molecular complexity index is 212. The van der Waals surface area contributed by atoms with Gasteiger partial charge >= 0.3 is 5.97 Å². The summed E-state index contributed by atoms with van der Waals surface area (Å²) in [6, 6.07) is 5.72. The highest BCUT2D eigenvalue weighted by atomic mass is 16.4. The molecule has 72 valence electrons. The van der Waals surface area contributed by atoms with Crippen LogP contribution < -0.4 is 0 Å². The molecule has 0 aliphatic carbocycles. The van der Waals surface area contributed by atoms with Crippen molar-refractivity contribution in [2.24, 2.45) is 5.41 Å². The quantitative estimate of drug-likeness (QED) is 0.667. The molecule has 0 saturated heterocycles. The fourth-order valence-corrected chi connectivity index (χ4v) is 0.313. The van der Waals surface area contributed by atoms with Gasteiger partial charge in [-0.25, -0.2) is 0 Å². The summed E-state index contributed by atoms with van der Waals surface area (Å²) in [7, 11) is 0. The number of carbonyl (C=O) groups is 1. The van der Waals surface area contributed by atoms with Gasteiger partial charge in [0, 0.05) is 12.4 Å². The molecule has 0 aromatic carbocycles. The molecule has 0 amide bonds. The van der Waals surface area contributed by atoms with Gasteiger partial charge in [-0.2, -0.15) is 0 Å². The van der Waals surface area contributed by atoms with E-state index in [1.807, 2.05) is 18.2 Å². The second kappa shape index (κ2) is 5.30. The highest BCUT2D eigenvalue weighted by Crippen LogP contribution is 2.11. The Balaban J connectivity index is 0.000000223. The zero-order chi connectivity index (χ0) is 10.3. The van der Waals surface area contributed by atoms with Gasteiger partial charge in [0.25, 0.3) is 0 Å². The molecule has 1 N–H and O–H groups in total. The summed E-state index contributed by atoms with van der Waals surface area (Å²) in [6.07, 6.45) is 3.50. The van der Waals surface area contributed by atoms with Crippen molar-refractivity contribution in [3.8, 4) is 0 Å². The standard InChI is InChI=1S/C5H5N.C5H10O2/c1-2-4-6-5-3-1;1-5(2,3)4(6)7/h1-5H;1-3H3,(H,6,7). The SMILES string of the molecule is CC(C)(C)C(=O)O.c1ccncc1. The summed E-state index contributed by atoms with van der Waals surface area (Å²) >= 11 is 0. The van der Waals surface area contributed by atoms with Crippen LogP contribution in [0.3, 0.4) is 0 Å². The first-order valence-corrected chi connectivity index (χ1v) is 4.03. The van der Waals surface area contributed by atoms with Gasteiger partial charge in [0.1, 0.15) is 0 Å². The van der Waals surface area contributed by atoms with E-state index in [1.165, 1.54) is 0 Å². The van der Waals surface area contributed by atoms with Crippen molar-refractivity contribution in [3.63, 3.8) is 0 Å². The van der Waals surface area contributed by atoms with E-state index < -0.39 is 11.4 Å². The van der Waals surface area contributed by atoms with Crippen molar-refractivity contribution in [2.45, 2.75) is 20.8 Å². The first-order valence-electron chi connectivity index (χ1n) is 4.03. The van der Waals surface area contributed by atoms with Crippen molar-refractivity contribution in [3.05, 3.63) is 30.6 Å². The summed E-state index contributed by atoms with van der Waals surface area (Å²) in [5, 5.41) is 8.25. The van der Waals surface area contributed by atoms with Crippen LogP contribution in [-0.4, -0.2) is 16.1 Å². The van der Waals surface area contributed by atoms with E-state index in [0.29, 0.717) is 0 Å². The Morgan fingerprint density at radius 2 is 1.54 bits per heavy atom. The Hall–Kier alpha value is -1.38. The zero-order valence-corrected chi connectivity index (χ0v) is 8.19. The van der Waals surface area contributed by atoms with Gasteiger partial charge in [0.15, 0.2) is 0 Å². The molecule has 1 heterocycles. The van der Waals surface area contributed by atoms with Crippen LogP contribution in [0, 0.1) is 5.41 Å². The van der Waals surface area contributed by atoms with E-state index in [9.17, 15) is 4.79 Å². The topological polar surface area (TPSA) is 50.2 Å². The van der Waals surface area contributed by atoms with Crippen LogP contribution in [0.5, 0.6) is 0 Å². The lowest BCUT2D eigenvalue weighted by atomic mass is 9.98. The van der Waals surface area contributed by atoms with Crippen LogP contribution >= 0.6 is 0 Å². The third kappa shape index (κ3) is 7.00. The van der Waals surface area contributed by atoms with Crippen LogP contribution in [0.4, 0.5) is 0 Å². The molecular formula is C10H15NO2. The van der Waals surface area contributed by atoms with Crippen molar-refractivity contribution in [1.29, 1.82) is 0 Å². The molecule has 0 atom stereocenters. The number of carboxylic acids is 1. The number of nitrogens with zero attached hydrogens (tertiary/aromatic N) is 1. The van der Waals surface area contributed by atoms with Crippen molar-refractivity contribution in [2.75, 3.05) is 0 Å². The molecule has 0 saturated carbocycles. The van der Waals surface area contributed by atoms with Gasteiger partial charge in [0.05, 0.1) is 5.41 Å². The van der Waals surface area contributed by atoms with E-state index in [-0.39, 0.29) is 0 Å². The summed E-state index contributed by atoms with van der Waals surface area (Å²) < 4.78 is 0. The highest BCUT2D eigenvalue weighted by molar-refractivity contribution is 5.72. The molecule has 0 spiro atoms. The van der Waals surface area contributed by atoms with Crippen LogP contribution in [-0.2, 0) is 4.79 Å². The molecule has 1 aromatic heterocycles. The molecule has 0 fully saturated rings. The van der Waals surface area contributed by atoms with Gasteiger partial charge in [0.2, 0.25) is 0 Å². The maximum absolute atomic E-state index is 10.0. The minimum Gasteiger partial charge on any atom is -0.481 e. The molecule has 0 aliphatic rings. The second-order valence-electron chi connectivity index (χ2n) is 3.58. The number of carboxylic acid groups (broad SMARTS) is 1. The lowest BCUT2D eigenvalue weighted by molar-refractivity contribution is -0.145. The van der Waals surface area contributed by atoms with Gasteiger partial charge in [-0.05, 0) is 32.9 Å². The Labute approximate surface area is 78.4 Å². The number of aromatic nitrogens is 1. The van der Waals surface area contributed by atoms with Crippen molar-refractivity contribution >= 4 is 5.97 Å². The normalized spacial score (nSPS) is 9.77. The van der Waals surface area contributed by atoms with Gasteiger partial charge < -0.3 is 5.11 Å². The van der Waals surface area contributed by atoms with Crippen LogP contribution in [0.2, 0.25) is 0 Å². The largest absolute Gasteiger partial charge is 0.481 e. The van der Waals surface area contributed by atoms with Crippen LogP contribution in [0.1, 0.15) is 20.8 Å². The summed E-state index contributed by atoms with van der Waals surface area (Å²) in [5.74, 6) is -0.757. The first-order chi connectivity index (χ1) is 5.94. The minimum atomic E-state index is -0.757. The smallest absolute Gasteiger partial charge is 0.308 e. The molecule has 0 aliphatic heterocycles. The van der Waals surface area contributed by atoms with Crippen molar-refractivity contribution < 1.29 is 9.90 Å². The number of hydrogen-bond acceptors (Lipinski definition) is 2. The van der Waals surface area contributed by atoms with E-state index in [2.05, 4.69) is 4.98 Å². The molecule has 0 bridgehead atoms. The van der Waals surface area contributed by atoms with Crippen molar-refractivity contribution in [1.82, 2.24) is 4.98 Å². The summed E-state index contributed by atoms with van der Waals surface area (Å²) in [6.45, 7) is 4.99. The van der Waals surface area contributed by atoms with Gasteiger partial charge in [-0.3, -0.25) is 9.78 Å². The number of aliphatic carboxylic acids is 1. The fraction of sp³-hybridized carbons (Fsp3) is 0.400. The van der Waals surface area contributed by atoms with E-state index in [4.69, 9.17) is 5.11 Å². The summed E-state index contributed by atoms with van der Waals surface area (Å²) in [4.78, 5) is 13.8. The Kier molecular flexibility index (Phi) is 4.74. The monoisotopic (exact) mass is 181 g/mol. The Morgan fingerprint density at radius 1 is 1.15 bits per heavy atom. The lowest BCUT2D eigenvalue weighted by Crippen LogP contribution is -2.18. The maximum Gasteiger partial charge on any atom is 0.308 e. The predicted octanol–water partition coefficient (Wildman–Crippen LogP) is 2.20. The minimum absolute atomic E-state index is 0.583. The molecule has 0 radical (unpaired) electrons. The molecule has 3 nitrogen and oxygen atoms in total. The zero-order valence-electron chi connectivity index (χ0n) is 8.19. The lowest BCUT2D eigenvalue weighted by Gasteiger charge is -2.08. The number of rotatable bonds is 0. The van der Waals surface area contributed by atoms with E-state index >= 15 is 0 Å². The summed E-state index contributed by atoms with van der Waals surface area (Å²) in [5.41, 5.74) is -0.583. The average Bonchev–Trinajstić information content (AvgIpc) is 2.07. The van der Waals surface area contributed by atoms with Crippen LogP contribution in [0.25, 0.3) is 0 Å². The molecule has 1 rings (SSSR count). The number of hydrogen-bond donors (Lipinski definition) is 1. The fourth-order valence-electron chi connectivity index (χ4n) is 0.313. The molecular weight excluding hydrogens is 166 g/mol. The highest BCUT2D eigenvalue weighted by Gasteiger charge is 2.18. The first kappa shape index (κ1) is 11.6. The van der Waals surface area contributed by atoms with Crippen LogP contribution in [0.15, 0.2) is 30.6 Å². The maximum atomic E-state index is 10.0. The number of pyridine rings is 1. The molecule has 3 heteroatoms. The third-order valence-corrected chi connectivity index (χ3v) is 1.21. The van der Waals surface area contributed by atoms with Gasteiger partial charge in [-0.1, -0.05) is 6.07 Å². The predicted molar refractivity (Wildman–Crippen MR) is 51.3 cm³/mol. The van der Waals surface area contributed by atoms with E-state index in [0.717, 1.165) is 0 Å². The van der Waals surface area contributed by atoms with Gasteiger partial charge in [-0.15, -0.1) is 0 Å². The molecule has 1 aromatic rings.